The van der Waals surface area contributed by atoms with Crippen LogP contribution in [-0.2, 0) is 4.79 Å². The molecule has 1 aliphatic heterocycles. The monoisotopic (exact) mass is 418 g/mol. The molecule has 2 fully saturated rings. The molecule has 1 aromatic rings. The van der Waals surface area contributed by atoms with Gasteiger partial charge in [-0.3, -0.25) is 9.69 Å². The van der Waals surface area contributed by atoms with Gasteiger partial charge in [-0.05, 0) is 48.9 Å². The Morgan fingerprint density at radius 2 is 1.73 bits per heavy atom. The first-order valence-corrected chi connectivity index (χ1v) is 11.3. The maximum absolute atomic E-state index is 13.1. The van der Waals surface area contributed by atoms with Gasteiger partial charge in [0.1, 0.15) is 5.82 Å². The van der Waals surface area contributed by atoms with Crippen molar-refractivity contribution in [3.63, 3.8) is 0 Å². The number of rotatable bonds is 7. The third-order valence-electron chi connectivity index (χ3n) is 6.53. The quantitative estimate of drug-likeness (QED) is 0.710. The van der Waals surface area contributed by atoms with Crippen molar-refractivity contribution in [2.75, 3.05) is 38.0 Å². The number of urea groups is 1. The topological polar surface area (TPSA) is 64.7 Å². The minimum absolute atomic E-state index is 0.0983. The highest BCUT2D eigenvalue weighted by Crippen LogP contribution is 2.31. The highest BCUT2D eigenvalue weighted by atomic mass is 19.1. The Morgan fingerprint density at radius 3 is 2.33 bits per heavy atom. The number of hydrogen-bond donors (Lipinski definition) is 2. The fourth-order valence-electron chi connectivity index (χ4n) is 4.41. The number of nitrogens with one attached hydrogen (secondary N) is 2. The average Bonchev–Trinajstić information content (AvgIpc) is 3.28. The van der Waals surface area contributed by atoms with Gasteiger partial charge in [-0.15, -0.1) is 0 Å². The molecule has 166 valence electrons. The summed E-state index contributed by atoms with van der Waals surface area (Å²) in [5.74, 6) is 0.698. The SMILES string of the molecule is CC[C@H](C)CNC(=O)[C@@H](C1CCCC1)N1CCN(C(=O)Nc2ccc(F)cc2)CC1. The molecule has 7 heteroatoms. The van der Waals surface area contributed by atoms with Crippen molar-refractivity contribution < 1.29 is 14.0 Å². The fourth-order valence-corrected chi connectivity index (χ4v) is 4.41. The molecular weight excluding hydrogens is 383 g/mol. The van der Waals surface area contributed by atoms with Crippen molar-refractivity contribution >= 4 is 17.6 Å². The van der Waals surface area contributed by atoms with E-state index in [4.69, 9.17) is 0 Å². The van der Waals surface area contributed by atoms with Gasteiger partial charge in [0.2, 0.25) is 5.91 Å². The number of hydrogen-bond acceptors (Lipinski definition) is 3. The lowest BCUT2D eigenvalue weighted by atomic mass is 9.94. The summed E-state index contributed by atoms with van der Waals surface area (Å²) in [5.41, 5.74) is 0.581. The summed E-state index contributed by atoms with van der Waals surface area (Å²) in [6.45, 7) is 7.55. The van der Waals surface area contributed by atoms with Gasteiger partial charge in [-0.25, -0.2) is 9.18 Å². The molecule has 2 N–H and O–H groups in total. The van der Waals surface area contributed by atoms with Gasteiger partial charge >= 0.3 is 6.03 Å². The van der Waals surface area contributed by atoms with Crippen LogP contribution in [0.4, 0.5) is 14.9 Å². The van der Waals surface area contributed by atoms with Gasteiger partial charge in [0.05, 0.1) is 6.04 Å². The third kappa shape index (κ3) is 5.94. The second-order valence-corrected chi connectivity index (χ2v) is 8.71. The Labute approximate surface area is 179 Å². The van der Waals surface area contributed by atoms with Crippen molar-refractivity contribution in [1.29, 1.82) is 0 Å². The van der Waals surface area contributed by atoms with E-state index < -0.39 is 0 Å². The minimum Gasteiger partial charge on any atom is -0.354 e. The van der Waals surface area contributed by atoms with Crippen LogP contribution in [0.2, 0.25) is 0 Å². The molecule has 6 nitrogen and oxygen atoms in total. The highest BCUT2D eigenvalue weighted by molar-refractivity contribution is 5.89. The van der Waals surface area contributed by atoms with E-state index in [-0.39, 0.29) is 23.8 Å². The molecule has 1 heterocycles. The van der Waals surface area contributed by atoms with Gasteiger partial charge in [0.15, 0.2) is 0 Å². The molecule has 0 radical (unpaired) electrons. The van der Waals surface area contributed by atoms with E-state index >= 15 is 0 Å². The number of amides is 3. The summed E-state index contributed by atoms with van der Waals surface area (Å²) in [4.78, 5) is 29.6. The lowest BCUT2D eigenvalue weighted by Crippen LogP contribution is -2.58. The van der Waals surface area contributed by atoms with E-state index in [1.165, 1.54) is 25.0 Å². The van der Waals surface area contributed by atoms with Crippen LogP contribution in [0.5, 0.6) is 0 Å². The molecule has 2 aliphatic rings. The molecule has 1 aromatic carbocycles. The highest BCUT2D eigenvalue weighted by Gasteiger charge is 2.37. The summed E-state index contributed by atoms with van der Waals surface area (Å²) in [7, 11) is 0. The fraction of sp³-hybridized carbons (Fsp3) is 0.652. The maximum atomic E-state index is 13.1. The van der Waals surface area contributed by atoms with Crippen molar-refractivity contribution in [2.24, 2.45) is 11.8 Å². The van der Waals surface area contributed by atoms with E-state index in [1.807, 2.05) is 0 Å². The molecular formula is C23H35FN4O2. The molecule has 0 unspecified atom stereocenters. The van der Waals surface area contributed by atoms with E-state index in [0.29, 0.717) is 43.7 Å². The first-order chi connectivity index (χ1) is 14.5. The number of benzene rings is 1. The van der Waals surface area contributed by atoms with Gasteiger partial charge in [0, 0.05) is 38.4 Å². The first-order valence-electron chi connectivity index (χ1n) is 11.3. The Kier molecular flexibility index (Phi) is 8.08. The Morgan fingerprint density at radius 1 is 1.10 bits per heavy atom. The van der Waals surface area contributed by atoms with Crippen LogP contribution in [0.25, 0.3) is 0 Å². The number of anilines is 1. The predicted molar refractivity (Wildman–Crippen MR) is 117 cm³/mol. The van der Waals surface area contributed by atoms with E-state index in [0.717, 1.165) is 25.8 Å². The molecule has 0 bridgehead atoms. The van der Waals surface area contributed by atoms with Crippen LogP contribution >= 0.6 is 0 Å². The summed E-state index contributed by atoms with van der Waals surface area (Å²) < 4.78 is 13.0. The lowest BCUT2D eigenvalue weighted by molar-refractivity contribution is -0.129. The van der Waals surface area contributed by atoms with Crippen LogP contribution < -0.4 is 10.6 Å². The number of halogens is 1. The zero-order chi connectivity index (χ0) is 21.5. The molecule has 0 spiro atoms. The lowest BCUT2D eigenvalue weighted by Gasteiger charge is -2.40. The number of carbonyl (C=O) groups excluding carboxylic acids is 2. The summed E-state index contributed by atoms with van der Waals surface area (Å²) in [6.07, 6.45) is 5.65. The molecule has 0 aromatic heterocycles. The van der Waals surface area contributed by atoms with E-state index in [1.54, 1.807) is 17.0 Å². The molecule has 30 heavy (non-hydrogen) atoms. The minimum atomic E-state index is -0.328. The first kappa shape index (κ1) is 22.5. The smallest absolute Gasteiger partial charge is 0.321 e. The number of nitrogens with zero attached hydrogens (tertiary/aromatic N) is 2. The van der Waals surface area contributed by atoms with Gasteiger partial charge in [-0.1, -0.05) is 33.1 Å². The van der Waals surface area contributed by atoms with Gasteiger partial charge in [0.25, 0.3) is 0 Å². The molecule has 1 aliphatic carbocycles. The van der Waals surface area contributed by atoms with Crippen LogP contribution in [-0.4, -0.2) is 60.5 Å². The van der Waals surface area contributed by atoms with E-state index in [9.17, 15) is 14.0 Å². The Balaban J connectivity index is 1.56. The van der Waals surface area contributed by atoms with E-state index in [2.05, 4.69) is 29.4 Å². The normalized spacial score (nSPS) is 20.0. The molecule has 3 rings (SSSR count). The van der Waals surface area contributed by atoms with Crippen molar-refractivity contribution in [2.45, 2.75) is 52.0 Å². The Hall–Kier alpha value is -2.15. The summed E-state index contributed by atoms with van der Waals surface area (Å²) in [5, 5.41) is 6.00. The maximum Gasteiger partial charge on any atom is 0.321 e. The molecule has 3 amide bonds. The molecule has 1 saturated carbocycles. The second-order valence-electron chi connectivity index (χ2n) is 8.71. The van der Waals surface area contributed by atoms with Crippen LogP contribution in [0.15, 0.2) is 24.3 Å². The zero-order valence-electron chi connectivity index (χ0n) is 18.2. The number of carbonyl (C=O) groups is 2. The number of piperazine rings is 1. The predicted octanol–water partition coefficient (Wildman–Crippen LogP) is 3.70. The van der Waals surface area contributed by atoms with Crippen molar-refractivity contribution in [1.82, 2.24) is 15.1 Å². The third-order valence-corrected chi connectivity index (χ3v) is 6.53. The van der Waals surface area contributed by atoms with Gasteiger partial charge in [-0.2, -0.15) is 0 Å². The average molecular weight is 419 g/mol. The Bertz CT molecular complexity index is 698. The van der Waals surface area contributed by atoms with Crippen LogP contribution in [0, 0.1) is 17.7 Å². The second kappa shape index (κ2) is 10.8. The van der Waals surface area contributed by atoms with Crippen molar-refractivity contribution in [3.8, 4) is 0 Å². The van der Waals surface area contributed by atoms with Crippen LogP contribution in [0.1, 0.15) is 46.0 Å². The largest absolute Gasteiger partial charge is 0.354 e. The molecule has 1 saturated heterocycles. The van der Waals surface area contributed by atoms with Crippen molar-refractivity contribution in [3.05, 3.63) is 30.1 Å². The van der Waals surface area contributed by atoms with Crippen LogP contribution in [0.3, 0.4) is 0 Å². The zero-order valence-corrected chi connectivity index (χ0v) is 18.2. The summed E-state index contributed by atoms with van der Waals surface area (Å²) >= 11 is 0. The molecule has 2 atom stereocenters. The standard InChI is InChI=1S/C23H35FN4O2/c1-3-17(2)16-25-22(29)21(18-6-4-5-7-18)27-12-14-28(15-13-27)23(30)26-20-10-8-19(24)9-11-20/h8-11,17-18,21H,3-7,12-16H2,1-2H3,(H,25,29)(H,26,30)/t17-,21+/m0/s1. The summed E-state index contributed by atoms with van der Waals surface area (Å²) in [6, 6.07) is 5.50. The van der Waals surface area contributed by atoms with Gasteiger partial charge < -0.3 is 15.5 Å².